The van der Waals surface area contributed by atoms with Crippen LogP contribution in [-0.4, -0.2) is 35.4 Å². The van der Waals surface area contributed by atoms with Gasteiger partial charge in [-0.1, -0.05) is 71.8 Å². The van der Waals surface area contributed by atoms with Crippen molar-refractivity contribution >= 4 is 23.4 Å². The molecule has 6 heteroatoms. The van der Waals surface area contributed by atoms with E-state index in [1.54, 1.807) is 11.0 Å². The number of rotatable bonds is 10. The van der Waals surface area contributed by atoms with Crippen molar-refractivity contribution in [1.82, 2.24) is 10.2 Å². The highest BCUT2D eigenvalue weighted by molar-refractivity contribution is 6.30. The topological polar surface area (TPSA) is 58.6 Å². The van der Waals surface area contributed by atoms with Gasteiger partial charge in [0.25, 0.3) is 5.91 Å². The molecule has 0 aromatic heterocycles. The summed E-state index contributed by atoms with van der Waals surface area (Å²) in [7, 11) is 0. The first kappa shape index (κ1) is 26.3. The smallest absolute Gasteiger partial charge is 0.261 e. The van der Waals surface area contributed by atoms with E-state index in [1.807, 2.05) is 94.4 Å². The molecule has 0 fully saturated rings. The minimum atomic E-state index is -0.714. The zero-order chi connectivity index (χ0) is 25.4. The van der Waals surface area contributed by atoms with E-state index in [-0.39, 0.29) is 31.0 Å². The van der Waals surface area contributed by atoms with Crippen LogP contribution < -0.4 is 10.1 Å². The van der Waals surface area contributed by atoms with Gasteiger partial charge < -0.3 is 15.0 Å². The standard InChI is InChI=1S/C29H33ClN2O3/c1-20(2)31-29(34)26(17-23-9-6-5-7-10-23)32(18-24-11-8-12-25(30)16-24)28(33)19-35-27-14-13-21(3)15-22(27)4/h5-16,20,26H,17-19H2,1-4H3,(H,31,34)/t26-/m1/s1. The van der Waals surface area contributed by atoms with Gasteiger partial charge in [0.1, 0.15) is 11.8 Å². The number of aryl methyl sites for hydroxylation is 2. The normalized spacial score (nSPS) is 11.7. The third kappa shape index (κ3) is 7.86. The minimum Gasteiger partial charge on any atom is -0.483 e. The Kier molecular flexibility index (Phi) is 9.32. The first-order valence-corrected chi connectivity index (χ1v) is 12.2. The number of halogens is 1. The SMILES string of the molecule is Cc1ccc(OCC(=O)N(Cc2cccc(Cl)c2)[C@H](Cc2ccccc2)C(=O)NC(C)C)c(C)c1. The fourth-order valence-corrected chi connectivity index (χ4v) is 4.16. The lowest BCUT2D eigenvalue weighted by molar-refractivity contribution is -0.143. The van der Waals surface area contributed by atoms with Gasteiger partial charge in [-0.3, -0.25) is 9.59 Å². The van der Waals surface area contributed by atoms with E-state index in [0.717, 1.165) is 22.3 Å². The summed E-state index contributed by atoms with van der Waals surface area (Å²) in [4.78, 5) is 28.5. The molecule has 1 atom stereocenters. The van der Waals surface area contributed by atoms with E-state index >= 15 is 0 Å². The predicted molar refractivity (Wildman–Crippen MR) is 141 cm³/mol. The molecule has 3 aromatic rings. The Labute approximate surface area is 213 Å². The molecular formula is C29H33ClN2O3. The molecule has 1 N–H and O–H groups in total. The van der Waals surface area contributed by atoms with Crippen LogP contribution in [0.15, 0.2) is 72.8 Å². The molecule has 35 heavy (non-hydrogen) atoms. The van der Waals surface area contributed by atoms with Gasteiger partial charge in [0.15, 0.2) is 6.61 Å². The Balaban J connectivity index is 1.92. The Morgan fingerprint density at radius 3 is 2.31 bits per heavy atom. The molecule has 0 aliphatic carbocycles. The average molecular weight is 493 g/mol. The van der Waals surface area contributed by atoms with E-state index in [1.165, 1.54) is 0 Å². The summed E-state index contributed by atoms with van der Waals surface area (Å²) in [5.74, 6) is 0.174. The number of nitrogens with one attached hydrogen (secondary N) is 1. The number of amides is 2. The van der Waals surface area contributed by atoms with Crippen LogP contribution in [0.2, 0.25) is 5.02 Å². The summed E-state index contributed by atoms with van der Waals surface area (Å²) >= 11 is 6.21. The van der Waals surface area contributed by atoms with Gasteiger partial charge in [0.05, 0.1) is 0 Å². The van der Waals surface area contributed by atoms with Gasteiger partial charge in [-0.15, -0.1) is 0 Å². The van der Waals surface area contributed by atoms with Crippen molar-refractivity contribution < 1.29 is 14.3 Å². The molecule has 2 amide bonds. The number of hydrogen-bond donors (Lipinski definition) is 1. The molecule has 0 saturated heterocycles. The molecule has 0 bridgehead atoms. The van der Waals surface area contributed by atoms with Crippen LogP contribution in [0.1, 0.15) is 36.1 Å². The summed E-state index contributed by atoms with van der Waals surface area (Å²) in [6.07, 6.45) is 0.384. The summed E-state index contributed by atoms with van der Waals surface area (Å²) in [5, 5.41) is 3.56. The van der Waals surface area contributed by atoms with E-state index in [4.69, 9.17) is 16.3 Å². The van der Waals surface area contributed by atoms with Crippen LogP contribution >= 0.6 is 11.6 Å². The fraction of sp³-hybridized carbons (Fsp3) is 0.310. The maximum Gasteiger partial charge on any atom is 0.261 e. The third-order valence-corrected chi connectivity index (χ3v) is 5.86. The van der Waals surface area contributed by atoms with Crippen LogP contribution in [0.25, 0.3) is 0 Å². The van der Waals surface area contributed by atoms with Crippen molar-refractivity contribution in [3.8, 4) is 5.75 Å². The van der Waals surface area contributed by atoms with Gasteiger partial charge in [0.2, 0.25) is 5.91 Å². The maximum absolute atomic E-state index is 13.6. The molecule has 3 aromatic carbocycles. The molecule has 0 spiro atoms. The highest BCUT2D eigenvalue weighted by Gasteiger charge is 2.31. The van der Waals surface area contributed by atoms with Crippen LogP contribution in [-0.2, 0) is 22.6 Å². The Morgan fingerprint density at radius 2 is 1.66 bits per heavy atom. The molecular weight excluding hydrogens is 460 g/mol. The summed E-state index contributed by atoms with van der Waals surface area (Å²) in [5.41, 5.74) is 3.89. The largest absolute Gasteiger partial charge is 0.483 e. The van der Waals surface area contributed by atoms with Gasteiger partial charge in [0, 0.05) is 24.0 Å². The zero-order valence-corrected chi connectivity index (χ0v) is 21.5. The summed E-state index contributed by atoms with van der Waals surface area (Å²) in [6.45, 7) is 7.83. The maximum atomic E-state index is 13.6. The van der Waals surface area contributed by atoms with Crippen molar-refractivity contribution in [2.75, 3.05) is 6.61 Å². The molecule has 0 aliphatic heterocycles. The zero-order valence-electron chi connectivity index (χ0n) is 20.8. The molecule has 0 radical (unpaired) electrons. The van der Waals surface area contributed by atoms with Crippen LogP contribution in [0.4, 0.5) is 0 Å². The van der Waals surface area contributed by atoms with E-state index < -0.39 is 6.04 Å². The lowest BCUT2D eigenvalue weighted by Crippen LogP contribution is -2.52. The number of nitrogens with zero attached hydrogens (tertiary/aromatic N) is 1. The Bertz CT molecular complexity index is 1150. The van der Waals surface area contributed by atoms with E-state index in [9.17, 15) is 9.59 Å². The second-order valence-electron chi connectivity index (χ2n) is 9.08. The van der Waals surface area contributed by atoms with Gasteiger partial charge >= 0.3 is 0 Å². The molecule has 5 nitrogen and oxygen atoms in total. The van der Waals surface area contributed by atoms with E-state index in [2.05, 4.69) is 5.32 Å². The highest BCUT2D eigenvalue weighted by atomic mass is 35.5. The van der Waals surface area contributed by atoms with E-state index in [0.29, 0.717) is 17.2 Å². The first-order valence-electron chi connectivity index (χ1n) is 11.8. The lowest BCUT2D eigenvalue weighted by atomic mass is 10.0. The van der Waals surface area contributed by atoms with Crippen molar-refractivity contribution in [1.29, 1.82) is 0 Å². The van der Waals surface area contributed by atoms with Gasteiger partial charge in [-0.2, -0.15) is 0 Å². The molecule has 0 aliphatic rings. The van der Waals surface area contributed by atoms with Crippen LogP contribution in [0.3, 0.4) is 0 Å². The van der Waals surface area contributed by atoms with Crippen molar-refractivity contribution in [3.63, 3.8) is 0 Å². The summed E-state index contributed by atoms with van der Waals surface area (Å²) in [6, 6.07) is 22.1. The number of carbonyl (C=O) groups is 2. The lowest BCUT2D eigenvalue weighted by Gasteiger charge is -2.32. The van der Waals surface area contributed by atoms with Crippen molar-refractivity contribution in [2.45, 2.75) is 52.7 Å². The first-order chi connectivity index (χ1) is 16.7. The number of benzene rings is 3. The Morgan fingerprint density at radius 1 is 0.943 bits per heavy atom. The van der Waals surface area contributed by atoms with Crippen molar-refractivity contribution in [2.24, 2.45) is 0 Å². The average Bonchev–Trinajstić information content (AvgIpc) is 2.81. The molecule has 0 heterocycles. The Hall–Kier alpha value is -3.31. The second-order valence-corrected chi connectivity index (χ2v) is 9.51. The molecule has 184 valence electrons. The summed E-state index contributed by atoms with van der Waals surface area (Å²) < 4.78 is 5.91. The molecule has 0 unspecified atom stereocenters. The number of hydrogen-bond acceptors (Lipinski definition) is 3. The fourth-order valence-electron chi connectivity index (χ4n) is 3.95. The van der Waals surface area contributed by atoms with Gasteiger partial charge in [-0.25, -0.2) is 0 Å². The highest BCUT2D eigenvalue weighted by Crippen LogP contribution is 2.21. The van der Waals surface area contributed by atoms with Crippen LogP contribution in [0.5, 0.6) is 5.75 Å². The molecule has 0 saturated carbocycles. The minimum absolute atomic E-state index is 0.0599. The van der Waals surface area contributed by atoms with Crippen LogP contribution in [0, 0.1) is 13.8 Å². The monoisotopic (exact) mass is 492 g/mol. The van der Waals surface area contributed by atoms with Crippen molar-refractivity contribution in [3.05, 3.63) is 100 Å². The predicted octanol–water partition coefficient (Wildman–Crippen LogP) is 5.50. The number of carbonyl (C=O) groups excluding carboxylic acids is 2. The third-order valence-electron chi connectivity index (χ3n) is 5.63. The van der Waals surface area contributed by atoms with Gasteiger partial charge in [-0.05, 0) is 62.6 Å². The quantitative estimate of drug-likeness (QED) is 0.406. The number of ether oxygens (including phenoxy) is 1. The second kappa shape index (κ2) is 12.4. The molecule has 3 rings (SSSR count).